The van der Waals surface area contributed by atoms with Crippen molar-refractivity contribution in [3.63, 3.8) is 0 Å². The third-order valence-electron chi connectivity index (χ3n) is 3.50. The van der Waals surface area contributed by atoms with E-state index in [1.807, 2.05) is 17.7 Å². The molecule has 0 unspecified atom stereocenters. The molecule has 23 heavy (non-hydrogen) atoms. The number of aryl methyl sites for hydroxylation is 1. The highest BCUT2D eigenvalue weighted by molar-refractivity contribution is 7.99. The molecule has 0 saturated carbocycles. The molecule has 0 amide bonds. The molecule has 0 aliphatic rings. The van der Waals surface area contributed by atoms with Crippen LogP contribution in [-0.4, -0.2) is 22.6 Å². The van der Waals surface area contributed by atoms with Crippen LogP contribution in [0.5, 0.6) is 0 Å². The number of esters is 1. The van der Waals surface area contributed by atoms with Gasteiger partial charge in [-0.2, -0.15) is 0 Å². The SMILES string of the molecule is COC(=O)CCc1nc(C(C)C)c(Sc2cccc(F)c2)n1C. The summed E-state index contributed by atoms with van der Waals surface area (Å²) < 4.78 is 20.1. The van der Waals surface area contributed by atoms with Gasteiger partial charge in [0.15, 0.2) is 0 Å². The van der Waals surface area contributed by atoms with Crippen LogP contribution in [-0.2, 0) is 23.0 Å². The molecule has 0 aliphatic carbocycles. The van der Waals surface area contributed by atoms with Crippen LogP contribution in [0.3, 0.4) is 0 Å². The van der Waals surface area contributed by atoms with Crippen LogP contribution < -0.4 is 0 Å². The van der Waals surface area contributed by atoms with Crippen molar-refractivity contribution in [2.24, 2.45) is 7.05 Å². The summed E-state index contributed by atoms with van der Waals surface area (Å²) in [4.78, 5) is 16.8. The van der Waals surface area contributed by atoms with Crippen molar-refractivity contribution >= 4 is 17.7 Å². The molecule has 0 fully saturated rings. The Morgan fingerprint density at radius 2 is 2.17 bits per heavy atom. The minimum absolute atomic E-state index is 0.240. The quantitative estimate of drug-likeness (QED) is 0.750. The molecular weight excluding hydrogens is 315 g/mol. The lowest BCUT2D eigenvalue weighted by atomic mass is 10.1. The maximum absolute atomic E-state index is 13.4. The first-order valence-electron chi connectivity index (χ1n) is 7.48. The fourth-order valence-corrected chi connectivity index (χ4v) is 3.40. The third-order valence-corrected chi connectivity index (χ3v) is 4.66. The minimum Gasteiger partial charge on any atom is -0.469 e. The predicted octanol–water partition coefficient (Wildman–Crippen LogP) is 3.94. The van der Waals surface area contributed by atoms with Crippen molar-refractivity contribution in [2.75, 3.05) is 7.11 Å². The lowest BCUT2D eigenvalue weighted by molar-refractivity contribution is -0.140. The van der Waals surface area contributed by atoms with E-state index in [2.05, 4.69) is 23.6 Å². The van der Waals surface area contributed by atoms with Crippen molar-refractivity contribution in [1.82, 2.24) is 9.55 Å². The average molecular weight is 336 g/mol. The number of rotatable bonds is 6. The Morgan fingerprint density at radius 3 is 2.78 bits per heavy atom. The molecule has 2 aromatic rings. The fraction of sp³-hybridized carbons (Fsp3) is 0.412. The largest absolute Gasteiger partial charge is 0.469 e. The second-order valence-electron chi connectivity index (χ2n) is 5.57. The Hall–Kier alpha value is -1.82. The number of aromatic nitrogens is 2. The normalized spacial score (nSPS) is 11.0. The number of benzene rings is 1. The maximum Gasteiger partial charge on any atom is 0.305 e. The van der Waals surface area contributed by atoms with Crippen LogP contribution in [0, 0.1) is 5.82 Å². The second kappa shape index (κ2) is 7.64. The fourth-order valence-electron chi connectivity index (χ4n) is 2.23. The van der Waals surface area contributed by atoms with Gasteiger partial charge in [0.05, 0.1) is 19.2 Å². The smallest absolute Gasteiger partial charge is 0.305 e. The van der Waals surface area contributed by atoms with Crippen LogP contribution in [0.25, 0.3) is 0 Å². The molecule has 0 spiro atoms. The zero-order chi connectivity index (χ0) is 17.0. The van der Waals surface area contributed by atoms with Gasteiger partial charge in [0.1, 0.15) is 16.7 Å². The maximum atomic E-state index is 13.4. The van der Waals surface area contributed by atoms with Crippen molar-refractivity contribution < 1.29 is 13.9 Å². The number of methoxy groups -OCH3 is 1. The average Bonchev–Trinajstić information content (AvgIpc) is 2.82. The summed E-state index contributed by atoms with van der Waals surface area (Å²) in [6, 6.07) is 6.51. The Morgan fingerprint density at radius 1 is 1.43 bits per heavy atom. The molecular formula is C17H21FN2O2S. The first-order chi connectivity index (χ1) is 10.9. The molecule has 1 heterocycles. The molecule has 0 atom stereocenters. The molecule has 1 aromatic heterocycles. The van der Waals surface area contributed by atoms with Gasteiger partial charge < -0.3 is 9.30 Å². The highest BCUT2D eigenvalue weighted by atomic mass is 32.2. The van der Waals surface area contributed by atoms with Gasteiger partial charge in [-0.05, 0) is 24.1 Å². The lowest BCUT2D eigenvalue weighted by Crippen LogP contribution is -2.06. The number of carbonyl (C=O) groups is 1. The van der Waals surface area contributed by atoms with Gasteiger partial charge in [0.25, 0.3) is 0 Å². The number of hydrogen-bond acceptors (Lipinski definition) is 4. The van der Waals surface area contributed by atoms with Crippen molar-refractivity contribution in [1.29, 1.82) is 0 Å². The van der Waals surface area contributed by atoms with Gasteiger partial charge in [-0.15, -0.1) is 0 Å². The molecule has 6 heteroatoms. The summed E-state index contributed by atoms with van der Waals surface area (Å²) in [6.45, 7) is 4.14. The van der Waals surface area contributed by atoms with E-state index >= 15 is 0 Å². The zero-order valence-corrected chi connectivity index (χ0v) is 14.6. The summed E-state index contributed by atoms with van der Waals surface area (Å²) in [6.07, 6.45) is 0.815. The van der Waals surface area contributed by atoms with Crippen LogP contribution >= 0.6 is 11.8 Å². The summed E-state index contributed by atoms with van der Waals surface area (Å²) >= 11 is 1.49. The van der Waals surface area contributed by atoms with E-state index < -0.39 is 0 Å². The number of imidazole rings is 1. The molecule has 4 nitrogen and oxygen atoms in total. The Balaban J connectivity index is 2.30. The van der Waals surface area contributed by atoms with E-state index in [4.69, 9.17) is 0 Å². The van der Waals surface area contributed by atoms with Crippen LogP contribution in [0.2, 0.25) is 0 Å². The topological polar surface area (TPSA) is 44.1 Å². The third kappa shape index (κ3) is 4.34. The first kappa shape index (κ1) is 17.5. The van der Waals surface area contributed by atoms with Crippen molar-refractivity contribution in [3.05, 3.63) is 41.6 Å². The standard InChI is InChI=1S/C17H21FN2O2S/c1-11(2)16-17(23-13-7-5-6-12(18)10-13)20(3)14(19-16)8-9-15(21)22-4/h5-7,10-11H,8-9H2,1-4H3. The molecule has 124 valence electrons. The van der Waals surface area contributed by atoms with Crippen molar-refractivity contribution in [2.45, 2.75) is 42.5 Å². The van der Waals surface area contributed by atoms with Gasteiger partial charge in [0.2, 0.25) is 0 Å². The highest BCUT2D eigenvalue weighted by Gasteiger charge is 2.19. The van der Waals surface area contributed by atoms with E-state index in [9.17, 15) is 9.18 Å². The number of ether oxygens (including phenoxy) is 1. The van der Waals surface area contributed by atoms with Gasteiger partial charge in [-0.3, -0.25) is 4.79 Å². The van der Waals surface area contributed by atoms with E-state index in [0.717, 1.165) is 21.4 Å². The Bertz CT molecular complexity index is 698. The summed E-state index contributed by atoms with van der Waals surface area (Å²) in [5.74, 6) is 0.565. The molecule has 1 aromatic carbocycles. The first-order valence-corrected chi connectivity index (χ1v) is 8.29. The molecule has 0 bridgehead atoms. The van der Waals surface area contributed by atoms with Gasteiger partial charge in [-0.25, -0.2) is 9.37 Å². The molecule has 0 saturated heterocycles. The predicted molar refractivity (Wildman–Crippen MR) is 88.2 cm³/mol. The van der Waals surface area contributed by atoms with Crippen LogP contribution in [0.15, 0.2) is 34.2 Å². The van der Waals surface area contributed by atoms with E-state index in [0.29, 0.717) is 12.8 Å². The molecule has 0 N–H and O–H groups in total. The lowest BCUT2D eigenvalue weighted by Gasteiger charge is -2.08. The summed E-state index contributed by atoms with van der Waals surface area (Å²) in [5.41, 5.74) is 0.960. The van der Waals surface area contributed by atoms with Gasteiger partial charge in [0, 0.05) is 18.4 Å². The zero-order valence-electron chi connectivity index (χ0n) is 13.8. The summed E-state index contributed by atoms with van der Waals surface area (Å²) in [5, 5.41) is 0.977. The van der Waals surface area contributed by atoms with E-state index in [1.54, 1.807) is 6.07 Å². The van der Waals surface area contributed by atoms with Crippen LogP contribution in [0.1, 0.15) is 37.7 Å². The van der Waals surface area contributed by atoms with Gasteiger partial charge in [-0.1, -0.05) is 31.7 Å². The van der Waals surface area contributed by atoms with E-state index in [-0.39, 0.29) is 17.7 Å². The number of nitrogens with zero attached hydrogens (tertiary/aromatic N) is 2. The van der Waals surface area contributed by atoms with Gasteiger partial charge >= 0.3 is 5.97 Å². The summed E-state index contributed by atoms with van der Waals surface area (Å²) in [7, 11) is 3.30. The Labute approximate surface area is 140 Å². The highest BCUT2D eigenvalue weighted by Crippen LogP contribution is 2.34. The number of hydrogen-bond donors (Lipinski definition) is 0. The molecule has 0 radical (unpaired) electrons. The molecule has 0 aliphatic heterocycles. The second-order valence-corrected chi connectivity index (χ2v) is 6.63. The molecule has 2 rings (SSSR count). The Kier molecular flexibility index (Phi) is 5.82. The van der Waals surface area contributed by atoms with E-state index in [1.165, 1.54) is 31.0 Å². The van der Waals surface area contributed by atoms with Crippen LogP contribution in [0.4, 0.5) is 4.39 Å². The number of carbonyl (C=O) groups excluding carboxylic acids is 1. The monoisotopic (exact) mass is 336 g/mol. The van der Waals surface area contributed by atoms with Crippen molar-refractivity contribution in [3.8, 4) is 0 Å². The number of halogens is 1. The minimum atomic E-state index is -0.255.